The zero-order chi connectivity index (χ0) is 16.5. The third-order valence-electron chi connectivity index (χ3n) is 2.84. The lowest BCUT2D eigenvalue weighted by molar-refractivity contribution is -0.144. The lowest BCUT2D eigenvalue weighted by Gasteiger charge is -2.09. The van der Waals surface area contributed by atoms with Gasteiger partial charge in [0.25, 0.3) is 11.7 Å². The molecule has 10 heteroatoms. The van der Waals surface area contributed by atoms with Crippen LogP contribution in [0.3, 0.4) is 0 Å². The standard InChI is InChI=1S/C12H14F3N5O2/c1-5(2)8-4-7(20-22-8)10(21)16-6(3)9-17-11(19-18-9)12(13,14)15/h4-6H,1-3H3,(H,16,21)(H,17,18,19). The van der Waals surface area contributed by atoms with Gasteiger partial charge in [0.2, 0.25) is 0 Å². The van der Waals surface area contributed by atoms with E-state index in [0.717, 1.165) is 0 Å². The molecule has 1 unspecified atom stereocenters. The molecule has 0 aliphatic rings. The van der Waals surface area contributed by atoms with Gasteiger partial charge in [0.05, 0.1) is 6.04 Å². The monoisotopic (exact) mass is 317 g/mol. The van der Waals surface area contributed by atoms with Crippen LogP contribution < -0.4 is 5.32 Å². The molecule has 0 spiro atoms. The number of amides is 1. The van der Waals surface area contributed by atoms with Crippen LogP contribution >= 0.6 is 0 Å². The molecule has 0 aliphatic carbocycles. The number of H-pyrrole nitrogens is 1. The molecule has 2 aromatic rings. The summed E-state index contributed by atoms with van der Waals surface area (Å²) in [5.74, 6) is -1.36. The number of carbonyl (C=O) groups is 1. The summed E-state index contributed by atoms with van der Waals surface area (Å²) in [7, 11) is 0. The Morgan fingerprint density at radius 3 is 2.55 bits per heavy atom. The van der Waals surface area contributed by atoms with Gasteiger partial charge in [-0.15, -0.1) is 5.10 Å². The number of hydrogen-bond acceptors (Lipinski definition) is 5. The van der Waals surface area contributed by atoms with Gasteiger partial charge in [-0.2, -0.15) is 13.2 Å². The summed E-state index contributed by atoms with van der Waals surface area (Å²) in [5, 5.41) is 11.3. The van der Waals surface area contributed by atoms with Crippen LogP contribution in [0.25, 0.3) is 0 Å². The molecular formula is C12H14F3N5O2. The first-order chi connectivity index (χ1) is 10.2. The molecule has 0 saturated heterocycles. The Balaban J connectivity index is 2.06. The largest absolute Gasteiger partial charge is 0.453 e. The van der Waals surface area contributed by atoms with Gasteiger partial charge in [0.1, 0.15) is 11.6 Å². The predicted molar refractivity (Wildman–Crippen MR) is 67.9 cm³/mol. The molecule has 2 aromatic heterocycles. The maximum Gasteiger partial charge on any atom is 0.453 e. The SMILES string of the molecule is CC(C)c1cc(C(=O)NC(C)c2nc(C(F)(F)F)n[nH]2)no1. The van der Waals surface area contributed by atoms with Gasteiger partial charge in [-0.25, -0.2) is 4.98 Å². The van der Waals surface area contributed by atoms with E-state index in [0.29, 0.717) is 5.76 Å². The molecule has 2 heterocycles. The Morgan fingerprint density at radius 2 is 2.05 bits per heavy atom. The summed E-state index contributed by atoms with van der Waals surface area (Å²) in [5.41, 5.74) is 0.0473. The summed E-state index contributed by atoms with van der Waals surface area (Å²) in [4.78, 5) is 15.3. The first-order valence-corrected chi connectivity index (χ1v) is 6.45. The van der Waals surface area contributed by atoms with Crippen molar-refractivity contribution in [3.63, 3.8) is 0 Å². The van der Waals surface area contributed by atoms with Crippen molar-refractivity contribution in [2.24, 2.45) is 0 Å². The topological polar surface area (TPSA) is 96.7 Å². The summed E-state index contributed by atoms with van der Waals surface area (Å²) in [6.07, 6.45) is -4.64. The molecule has 1 amide bonds. The molecule has 0 aliphatic heterocycles. The highest BCUT2D eigenvalue weighted by atomic mass is 19.4. The van der Waals surface area contributed by atoms with E-state index in [2.05, 4.69) is 25.7 Å². The Labute approximate surface area is 123 Å². The number of carbonyl (C=O) groups excluding carboxylic acids is 1. The van der Waals surface area contributed by atoms with Crippen molar-refractivity contribution in [1.82, 2.24) is 25.7 Å². The van der Waals surface area contributed by atoms with Crippen molar-refractivity contribution in [1.29, 1.82) is 0 Å². The molecule has 0 saturated carbocycles. The average Bonchev–Trinajstić information content (AvgIpc) is 3.07. The first kappa shape index (κ1) is 16.0. The van der Waals surface area contributed by atoms with Crippen LogP contribution in [-0.4, -0.2) is 26.2 Å². The van der Waals surface area contributed by atoms with E-state index in [-0.39, 0.29) is 17.4 Å². The van der Waals surface area contributed by atoms with Crippen molar-refractivity contribution in [2.45, 2.75) is 38.9 Å². The lowest BCUT2D eigenvalue weighted by Crippen LogP contribution is -2.27. The van der Waals surface area contributed by atoms with Crippen molar-refractivity contribution in [3.05, 3.63) is 29.2 Å². The quantitative estimate of drug-likeness (QED) is 0.902. The predicted octanol–water partition coefficient (Wildman–Crippen LogP) is 2.43. The molecule has 0 fully saturated rings. The van der Waals surface area contributed by atoms with Crippen molar-refractivity contribution in [3.8, 4) is 0 Å². The van der Waals surface area contributed by atoms with Crippen LogP contribution in [0.5, 0.6) is 0 Å². The lowest BCUT2D eigenvalue weighted by atomic mass is 10.1. The van der Waals surface area contributed by atoms with Gasteiger partial charge in [-0.3, -0.25) is 9.89 Å². The zero-order valence-corrected chi connectivity index (χ0v) is 12.0. The number of halogens is 3. The van der Waals surface area contributed by atoms with Gasteiger partial charge < -0.3 is 9.84 Å². The van der Waals surface area contributed by atoms with E-state index >= 15 is 0 Å². The fourth-order valence-electron chi connectivity index (χ4n) is 1.60. The number of alkyl halides is 3. The molecule has 0 radical (unpaired) electrons. The fraction of sp³-hybridized carbons (Fsp3) is 0.500. The minimum absolute atomic E-state index is 0.0473. The molecular weight excluding hydrogens is 303 g/mol. The van der Waals surface area contributed by atoms with E-state index in [1.807, 2.05) is 13.8 Å². The third kappa shape index (κ3) is 3.43. The van der Waals surface area contributed by atoms with Gasteiger partial charge in [-0.1, -0.05) is 19.0 Å². The average molecular weight is 317 g/mol. The maximum absolute atomic E-state index is 12.4. The molecule has 2 rings (SSSR count). The number of aromatic amines is 1. The third-order valence-corrected chi connectivity index (χ3v) is 2.84. The van der Waals surface area contributed by atoms with Crippen LogP contribution in [0, 0.1) is 0 Å². The second kappa shape index (κ2) is 5.78. The van der Waals surface area contributed by atoms with Crippen LogP contribution in [0.1, 0.15) is 60.6 Å². The van der Waals surface area contributed by atoms with Gasteiger partial charge in [-0.05, 0) is 6.92 Å². The van der Waals surface area contributed by atoms with E-state index in [4.69, 9.17) is 4.52 Å². The van der Waals surface area contributed by atoms with Crippen LogP contribution in [0.15, 0.2) is 10.6 Å². The zero-order valence-electron chi connectivity index (χ0n) is 12.0. The van der Waals surface area contributed by atoms with Gasteiger partial charge >= 0.3 is 6.18 Å². The van der Waals surface area contributed by atoms with E-state index < -0.39 is 23.9 Å². The summed E-state index contributed by atoms with van der Waals surface area (Å²) in [6.45, 7) is 5.22. The maximum atomic E-state index is 12.4. The van der Waals surface area contributed by atoms with Gasteiger partial charge in [0.15, 0.2) is 5.69 Å². The second-order valence-electron chi connectivity index (χ2n) is 5.01. The molecule has 0 bridgehead atoms. The first-order valence-electron chi connectivity index (χ1n) is 6.45. The summed E-state index contributed by atoms with van der Waals surface area (Å²) in [6, 6.07) is 0.684. The van der Waals surface area contributed by atoms with E-state index in [1.165, 1.54) is 13.0 Å². The summed E-state index contributed by atoms with van der Waals surface area (Å²) >= 11 is 0. The smallest absolute Gasteiger partial charge is 0.360 e. The summed E-state index contributed by atoms with van der Waals surface area (Å²) < 4.78 is 42.2. The van der Waals surface area contributed by atoms with E-state index in [1.54, 1.807) is 0 Å². The van der Waals surface area contributed by atoms with E-state index in [9.17, 15) is 18.0 Å². The number of aromatic nitrogens is 4. The van der Waals surface area contributed by atoms with Crippen LogP contribution in [0.4, 0.5) is 13.2 Å². The Kier molecular flexibility index (Phi) is 4.20. The number of nitrogens with zero attached hydrogens (tertiary/aromatic N) is 3. The normalized spacial score (nSPS) is 13.4. The molecule has 1 atom stereocenters. The highest BCUT2D eigenvalue weighted by Gasteiger charge is 2.36. The minimum Gasteiger partial charge on any atom is -0.360 e. The molecule has 2 N–H and O–H groups in total. The highest BCUT2D eigenvalue weighted by molar-refractivity contribution is 5.92. The van der Waals surface area contributed by atoms with Crippen LogP contribution in [0.2, 0.25) is 0 Å². The van der Waals surface area contributed by atoms with Crippen LogP contribution in [-0.2, 0) is 6.18 Å². The second-order valence-corrected chi connectivity index (χ2v) is 5.01. The Morgan fingerprint density at radius 1 is 1.36 bits per heavy atom. The Bertz CT molecular complexity index is 662. The Hall–Kier alpha value is -2.39. The molecule has 7 nitrogen and oxygen atoms in total. The fourth-order valence-corrected chi connectivity index (χ4v) is 1.60. The molecule has 0 aromatic carbocycles. The highest BCUT2D eigenvalue weighted by Crippen LogP contribution is 2.26. The van der Waals surface area contributed by atoms with Crippen molar-refractivity contribution in [2.75, 3.05) is 0 Å². The minimum atomic E-state index is -4.64. The molecule has 120 valence electrons. The molecule has 22 heavy (non-hydrogen) atoms. The number of nitrogens with one attached hydrogen (secondary N) is 2. The van der Waals surface area contributed by atoms with Crippen molar-refractivity contribution < 1.29 is 22.5 Å². The number of rotatable bonds is 4. The number of hydrogen-bond donors (Lipinski definition) is 2. The van der Waals surface area contributed by atoms with Gasteiger partial charge in [0, 0.05) is 12.0 Å². The van der Waals surface area contributed by atoms with Crippen molar-refractivity contribution >= 4 is 5.91 Å².